The minimum Gasteiger partial charge on any atom is -0.379 e. The maximum absolute atomic E-state index is 11.9. The number of ether oxygens (including phenoxy) is 2. The fourth-order valence-electron chi connectivity index (χ4n) is 3.64. The van der Waals surface area contributed by atoms with Gasteiger partial charge in [0.1, 0.15) is 5.56 Å². The van der Waals surface area contributed by atoms with Gasteiger partial charge in [0.15, 0.2) is 5.82 Å². The highest BCUT2D eigenvalue weighted by molar-refractivity contribution is 5.98. The molecule has 1 aromatic heterocycles. The van der Waals surface area contributed by atoms with Crippen LogP contribution < -0.4 is 11.1 Å². The minimum absolute atomic E-state index is 0.0613. The minimum atomic E-state index is -0.574. The van der Waals surface area contributed by atoms with Crippen LogP contribution in [-0.2, 0) is 14.9 Å². The van der Waals surface area contributed by atoms with E-state index < -0.39 is 5.91 Å². The maximum atomic E-state index is 11.9. The first-order valence-corrected chi connectivity index (χ1v) is 9.32. The lowest BCUT2D eigenvalue weighted by Crippen LogP contribution is -2.43. The third-order valence-electron chi connectivity index (χ3n) is 5.52. The van der Waals surface area contributed by atoms with Crippen LogP contribution in [0.5, 0.6) is 0 Å². The number of aromatic nitrogens is 2. The number of primary amides is 1. The molecule has 8 nitrogen and oxygen atoms in total. The monoisotopic (exact) mass is 381 g/mol. The lowest BCUT2D eigenvalue weighted by Gasteiger charge is -2.38. The van der Waals surface area contributed by atoms with Crippen LogP contribution >= 0.6 is 0 Å². The number of nitrogens with one attached hydrogen (secondary N) is 1. The standard InChI is InChI=1S/C20H23N5O3/c1-20(11-28-12-20)14-2-4-15(5-3-14)23-19-16(18(22)26)9-25(24-19)17-10-27-7-6-13(17)8-21/h2-5,9,13,17H,6-7,10-12H2,1H3,(H2,22,26)(H,23,24)/t13-,17+/m0/s1. The Labute approximate surface area is 163 Å². The van der Waals surface area contributed by atoms with Crippen molar-refractivity contribution in [1.29, 1.82) is 5.26 Å². The third kappa shape index (κ3) is 3.35. The number of nitrogens with two attached hydrogens (primary N) is 1. The van der Waals surface area contributed by atoms with Gasteiger partial charge in [-0.1, -0.05) is 19.1 Å². The first-order valence-electron chi connectivity index (χ1n) is 9.32. The van der Waals surface area contributed by atoms with Crippen LogP contribution in [0, 0.1) is 17.2 Å². The Morgan fingerprint density at radius 1 is 1.36 bits per heavy atom. The average molecular weight is 381 g/mol. The Balaban J connectivity index is 1.58. The van der Waals surface area contributed by atoms with Gasteiger partial charge in [0, 0.05) is 23.9 Å². The van der Waals surface area contributed by atoms with Crippen LogP contribution in [0.15, 0.2) is 30.5 Å². The lowest BCUT2D eigenvalue weighted by atomic mass is 9.81. The fourth-order valence-corrected chi connectivity index (χ4v) is 3.64. The summed E-state index contributed by atoms with van der Waals surface area (Å²) in [5.41, 5.74) is 7.90. The first-order chi connectivity index (χ1) is 13.5. The molecule has 2 aliphatic rings. The van der Waals surface area contributed by atoms with Crippen molar-refractivity contribution in [2.24, 2.45) is 11.7 Å². The zero-order valence-corrected chi connectivity index (χ0v) is 15.7. The maximum Gasteiger partial charge on any atom is 0.254 e. The summed E-state index contributed by atoms with van der Waals surface area (Å²) in [5, 5.41) is 17.1. The molecule has 8 heteroatoms. The molecule has 146 valence electrons. The van der Waals surface area contributed by atoms with Crippen LogP contribution in [-0.4, -0.2) is 42.1 Å². The van der Waals surface area contributed by atoms with E-state index in [1.165, 1.54) is 5.56 Å². The third-order valence-corrected chi connectivity index (χ3v) is 5.52. The van der Waals surface area contributed by atoms with Gasteiger partial charge in [-0.25, -0.2) is 0 Å². The zero-order chi connectivity index (χ0) is 19.7. The molecule has 3 N–H and O–H groups in total. The second-order valence-corrected chi connectivity index (χ2v) is 7.66. The fraction of sp³-hybridized carbons (Fsp3) is 0.450. The molecule has 4 rings (SSSR count). The van der Waals surface area contributed by atoms with E-state index in [4.69, 9.17) is 15.2 Å². The van der Waals surface area contributed by atoms with E-state index >= 15 is 0 Å². The van der Waals surface area contributed by atoms with Gasteiger partial charge >= 0.3 is 0 Å². The quantitative estimate of drug-likeness (QED) is 0.820. The molecule has 28 heavy (non-hydrogen) atoms. The number of anilines is 2. The molecule has 2 fully saturated rings. The molecule has 2 aromatic rings. The lowest BCUT2D eigenvalue weighted by molar-refractivity contribution is -0.0499. The Morgan fingerprint density at radius 3 is 2.71 bits per heavy atom. The van der Waals surface area contributed by atoms with Gasteiger partial charge < -0.3 is 20.5 Å². The molecule has 2 saturated heterocycles. The van der Waals surface area contributed by atoms with E-state index in [1.54, 1.807) is 10.9 Å². The number of hydrogen-bond donors (Lipinski definition) is 2. The summed E-state index contributed by atoms with van der Waals surface area (Å²) in [4.78, 5) is 11.9. The van der Waals surface area contributed by atoms with Crippen LogP contribution in [0.4, 0.5) is 11.5 Å². The normalized spacial score (nSPS) is 23.4. The highest BCUT2D eigenvalue weighted by Gasteiger charge is 2.35. The molecule has 3 heterocycles. The number of rotatable bonds is 5. The predicted molar refractivity (Wildman–Crippen MR) is 102 cm³/mol. The molecule has 0 unspecified atom stereocenters. The average Bonchev–Trinajstić information content (AvgIpc) is 3.10. The van der Waals surface area contributed by atoms with Crippen molar-refractivity contribution in [1.82, 2.24) is 9.78 Å². The van der Waals surface area contributed by atoms with Crippen molar-refractivity contribution in [2.45, 2.75) is 24.8 Å². The second kappa shape index (κ2) is 7.26. The highest BCUT2D eigenvalue weighted by atomic mass is 16.5. The number of carbonyl (C=O) groups excluding carboxylic acids is 1. The summed E-state index contributed by atoms with van der Waals surface area (Å²) < 4.78 is 12.4. The molecule has 1 aromatic carbocycles. The number of amides is 1. The highest BCUT2D eigenvalue weighted by Crippen LogP contribution is 2.33. The summed E-state index contributed by atoms with van der Waals surface area (Å²) >= 11 is 0. The van der Waals surface area contributed by atoms with Gasteiger partial charge in [0.05, 0.1) is 37.8 Å². The van der Waals surface area contributed by atoms with Gasteiger partial charge in [-0.15, -0.1) is 0 Å². The van der Waals surface area contributed by atoms with E-state index in [1.807, 2.05) is 24.3 Å². The second-order valence-electron chi connectivity index (χ2n) is 7.66. The summed E-state index contributed by atoms with van der Waals surface area (Å²) in [7, 11) is 0. The SMILES string of the molecule is CC1(c2ccc(Nc3nn([C@@H]4COCC[C@H]4C#N)cc3C(N)=O)cc2)COC1. The number of carbonyl (C=O) groups is 1. The van der Waals surface area contributed by atoms with E-state index in [-0.39, 0.29) is 22.9 Å². The van der Waals surface area contributed by atoms with Crippen molar-refractivity contribution in [3.8, 4) is 6.07 Å². The largest absolute Gasteiger partial charge is 0.379 e. The van der Waals surface area contributed by atoms with Gasteiger partial charge in [-0.3, -0.25) is 9.48 Å². The summed E-state index contributed by atoms with van der Waals surface area (Å²) in [6.07, 6.45) is 2.23. The molecule has 0 spiro atoms. The van der Waals surface area contributed by atoms with Crippen LogP contribution in [0.1, 0.15) is 35.3 Å². The zero-order valence-electron chi connectivity index (χ0n) is 15.7. The van der Waals surface area contributed by atoms with Crippen molar-refractivity contribution in [2.75, 3.05) is 31.7 Å². The van der Waals surface area contributed by atoms with Crippen LogP contribution in [0.25, 0.3) is 0 Å². The molecule has 2 atom stereocenters. The first kappa shape index (κ1) is 18.5. The molecule has 0 aliphatic carbocycles. The molecule has 2 aliphatic heterocycles. The van der Waals surface area contributed by atoms with Crippen molar-refractivity contribution in [3.05, 3.63) is 41.6 Å². The number of hydrogen-bond acceptors (Lipinski definition) is 6. The Bertz CT molecular complexity index is 911. The van der Waals surface area contributed by atoms with Crippen molar-refractivity contribution < 1.29 is 14.3 Å². The van der Waals surface area contributed by atoms with Crippen LogP contribution in [0.2, 0.25) is 0 Å². The topological polar surface area (TPSA) is 115 Å². The Hall–Kier alpha value is -2.89. The summed E-state index contributed by atoms with van der Waals surface area (Å²) in [6, 6.07) is 10.1. The van der Waals surface area contributed by atoms with Gasteiger partial charge in [0.25, 0.3) is 5.91 Å². The van der Waals surface area contributed by atoms with Crippen molar-refractivity contribution >= 4 is 17.4 Å². The van der Waals surface area contributed by atoms with E-state index in [0.717, 1.165) is 18.9 Å². The number of nitrogens with zero attached hydrogens (tertiary/aromatic N) is 3. The van der Waals surface area contributed by atoms with Crippen molar-refractivity contribution in [3.63, 3.8) is 0 Å². The Kier molecular flexibility index (Phi) is 4.79. The van der Waals surface area contributed by atoms with Crippen LogP contribution in [0.3, 0.4) is 0 Å². The number of nitriles is 1. The Morgan fingerprint density at radius 2 is 2.11 bits per heavy atom. The molecule has 0 radical (unpaired) electrons. The van der Waals surface area contributed by atoms with E-state index in [2.05, 4.69) is 23.4 Å². The molecular formula is C20H23N5O3. The molecule has 1 amide bonds. The molecule has 0 bridgehead atoms. The summed E-state index contributed by atoms with van der Waals surface area (Å²) in [6.45, 7) is 4.55. The molecular weight excluding hydrogens is 358 g/mol. The van der Waals surface area contributed by atoms with Gasteiger partial charge in [-0.2, -0.15) is 10.4 Å². The summed E-state index contributed by atoms with van der Waals surface area (Å²) in [5.74, 6) is -0.414. The smallest absolute Gasteiger partial charge is 0.254 e. The number of benzene rings is 1. The van der Waals surface area contributed by atoms with Gasteiger partial charge in [-0.05, 0) is 24.1 Å². The van der Waals surface area contributed by atoms with Gasteiger partial charge in [0.2, 0.25) is 0 Å². The predicted octanol–water partition coefficient (Wildman–Crippen LogP) is 2.11. The van der Waals surface area contributed by atoms with E-state index in [0.29, 0.717) is 25.5 Å². The van der Waals surface area contributed by atoms with E-state index in [9.17, 15) is 10.1 Å². The molecule has 0 saturated carbocycles.